The Balaban J connectivity index is 2.74. The lowest BCUT2D eigenvalue weighted by Gasteiger charge is -2.00. The molecule has 1 rings (SSSR count). The SMILES string of the molecule is N#CCc1cccc(SC(F)F)c1. The summed E-state index contributed by atoms with van der Waals surface area (Å²) in [5.41, 5.74) is 0.771. The molecule has 0 aromatic heterocycles. The van der Waals surface area contributed by atoms with Gasteiger partial charge in [0.15, 0.2) is 0 Å². The van der Waals surface area contributed by atoms with Crippen molar-refractivity contribution in [3.63, 3.8) is 0 Å². The first-order valence-electron chi connectivity index (χ1n) is 3.63. The van der Waals surface area contributed by atoms with Crippen molar-refractivity contribution in [3.8, 4) is 6.07 Å². The van der Waals surface area contributed by atoms with Gasteiger partial charge in [0, 0.05) is 4.90 Å². The Morgan fingerprint density at radius 2 is 2.23 bits per heavy atom. The summed E-state index contributed by atoms with van der Waals surface area (Å²) in [6, 6.07) is 8.61. The molecule has 0 unspecified atom stereocenters. The number of halogens is 2. The second kappa shape index (κ2) is 4.83. The van der Waals surface area contributed by atoms with E-state index in [9.17, 15) is 8.78 Å². The fourth-order valence-electron chi connectivity index (χ4n) is 0.923. The number of thioether (sulfide) groups is 1. The molecule has 0 amide bonds. The van der Waals surface area contributed by atoms with E-state index < -0.39 is 5.76 Å². The number of nitriles is 1. The maximum Gasteiger partial charge on any atom is 0.288 e. The molecule has 13 heavy (non-hydrogen) atoms. The quantitative estimate of drug-likeness (QED) is 0.698. The van der Waals surface area contributed by atoms with Gasteiger partial charge in [-0.2, -0.15) is 14.0 Å². The molecule has 0 saturated carbocycles. The summed E-state index contributed by atoms with van der Waals surface area (Å²) in [5.74, 6) is -2.41. The van der Waals surface area contributed by atoms with Crippen LogP contribution in [-0.2, 0) is 6.42 Å². The zero-order valence-electron chi connectivity index (χ0n) is 6.71. The van der Waals surface area contributed by atoms with Gasteiger partial charge < -0.3 is 0 Å². The molecule has 0 atom stereocenters. The predicted octanol–water partition coefficient (Wildman–Crippen LogP) is 3.07. The summed E-state index contributed by atoms with van der Waals surface area (Å²) in [7, 11) is 0. The maximum absolute atomic E-state index is 11.9. The molecule has 0 radical (unpaired) electrons. The molecule has 0 fully saturated rings. The van der Waals surface area contributed by atoms with Crippen molar-refractivity contribution in [1.29, 1.82) is 5.26 Å². The van der Waals surface area contributed by atoms with E-state index in [-0.39, 0.29) is 6.42 Å². The lowest BCUT2D eigenvalue weighted by molar-refractivity contribution is 0.252. The molecule has 1 nitrogen and oxygen atoms in total. The molecule has 0 bridgehead atoms. The number of nitrogens with zero attached hydrogens (tertiary/aromatic N) is 1. The lowest BCUT2D eigenvalue weighted by Crippen LogP contribution is -1.84. The highest BCUT2D eigenvalue weighted by Crippen LogP contribution is 2.25. The van der Waals surface area contributed by atoms with E-state index in [0.717, 1.165) is 5.56 Å². The van der Waals surface area contributed by atoms with E-state index in [0.29, 0.717) is 16.7 Å². The monoisotopic (exact) mass is 199 g/mol. The van der Waals surface area contributed by atoms with E-state index in [2.05, 4.69) is 0 Å². The third-order valence-corrected chi connectivity index (χ3v) is 2.11. The first kappa shape index (κ1) is 10.0. The van der Waals surface area contributed by atoms with Crippen molar-refractivity contribution in [2.75, 3.05) is 0 Å². The molecule has 0 spiro atoms. The van der Waals surface area contributed by atoms with Crippen LogP contribution in [0.15, 0.2) is 29.2 Å². The zero-order chi connectivity index (χ0) is 9.68. The van der Waals surface area contributed by atoms with E-state index in [1.54, 1.807) is 24.3 Å². The Bertz CT molecular complexity index is 320. The molecule has 68 valence electrons. The van der Waals surface area contributed by atoms with Crippen molar-refractivity contribution in [1.82, 2.24) is 0 Å². The fourth-order valence-corrected chi connectivity index (χ4v) is 1.51. The molecule has 4 heteroatoms. The van der Waals surface area contributed by atoms with Gasteiger partial charge in [0.1, 0.15) is 0 Å². The third-order valence-electron chi connectivity index (χ3n) is 1.41. The van der Waals surface area contributed by atoms with Gasteiger partial charge in [-0.15, -0.1) is 0 Å². The number of hydrogen-bond donors (Lipinski definition) is 0. The van der Waals surface area contributed by atoms with Crippen LogP contribution in [0.1, 0.15) is 5.56 Å². The van der Waals surface area contributed by atoms with Crippen LogP contribution in [0.25, 0.3) is 0 Å². The van der Waals surface area contributed by atoms with Crippen LogP contribution in [0.3, 0.4) is 0 Å². The number of benzene rings is 1. The third kappa shape index (κ3) is 3.43. The molecule has 0 aliphatic carbocycles. The summed E-state index contributed by atoms with van der Waals surface area (Å²) in [6.07, 6.45) is 0.262. The number of rotatable bonds is 3. The first-order valence-corrected chi connectivity index (χ1v) is 4.51. The van der Waals surface area contributed by atoms with Crippen molar-refractivity contribution >= 4 is 11.8 Å². The van der Waals surface area contributed by atoms with Gasteiger partial charge in [-0.05, 0) is 17.7 Å². The first-order chi connectivity index (χ1) is 6.22. The Kier molecular flexibility index (Phi) is 3.71. The maximum atomic E-state index is 11.9. The molecular formula is C9H7F2NS. The van der Waals surface area contributed by atoms with Crippen LogP contribution in [0, 0.1) is 11.3 Å². The average molecular weight is 199 g/mol. The molecule has 1 aromatic rings. The van der Waals surface area contributed by atoms with E-state index in [4.69, 9.17) is 5.26 Å². The minimum Gasteiger partial charge on any atom is -0.198 e. The molecule has 0 saturated heterocycles. The van der Waals surface area contributed by atoms with Gasteiger partial charge in [-0.3, -0.25) is 0 Å². The summed E-state index contributed by atoms with van der Waals surface area (Å²) >= 11 is 0.496. The highest BCUT2D eigenvalue weighted by molar-refractivity contribution is 7.99. The van der Waals surface area contributed by atoms with E-state index in [1.165, 1.54) is 0 Å². The average Bonchev–Trinajstić information content (AvgIpc) is 2.04. The van der Waals surface area contributed by atoms with Gasteiger partial charge >= 0.3 is 0 Å². The summed E-state index contributed by atoms with van der Waals surface area (Å²) in [6.45, 7) is 0. The standard InChI is InChI=1S/C9H7F2NS/c10-9(11)13-8-3-1-2-7(6-8)4-5-12/h1-3,6,9H,4H2. The second-order valence-corrected chi connectivity index (χ2v) is 3.42. The van der Waals surface area contributed by atoms with Crippen molar-refractivity contribution < 1.29 is 8.78 Å². The van der Waals surface area contributed by atoms with Gasteiger partial charge in [0.05, 0.1) is 12.5 Å². The zero-order valence-corrected chi connectivity index (χ0v) is 7.52. The minimum atomic E-state index is -2.41. The molecule has 1 aromatic carbocycles. The van der Waals surface area contributed by atoms with Crippen LogP contribution >= 0.6 is 11.8 Å². The predicted molar refractivity (Wildman–Crippen MR) is 47.6 cm³/mol. The largest absolute Gasteiger partial charge is 0.288 e. The topological polar surface area (TPSA) is 23.8 Å². The second-order valence-electron chi connectivity index (χ2n) is 2.36. The molecule has 0 heterocycles. The van der Waals surface area contributed by atoms with Crippen LogP contribution in [0.5, 0.6) is 0 Å². The summed E-state index contributed by atoms with van der Waals surface area (Å²) in [5, 5.41) is 8.39. The normalized spacial score (nSPS) is 10.0. The molecule has 0 aliphatic rings. The van der Waals surface area contributed by atoms with Crippen LogP contribution in [-0.4, -0.2) is 5.76 Å². The fraction of sp³-hybridized carbons (Fsp3) is 0.222. The lowest BCUT2D eigenvalue weighted by atomic mass is 10.2. The number of alkyl halides is 2. The molecule has 0 N–H and O–H groups in total. The molecular weight excluding hydrogens is 192 g/mol. The Hall–Kier alpha value is -1.08. The van der Waals surface area contributed by atoms with Gasteiger partial charge in [-0.1, -0.05) is 23.9 Å². The van der Waals surface area contributed by atoms with Crippen LogP contribution in [0.2, 0.25) is 0 Å². The summed E-state index contributed by atoms with van der Waals surface area (Å²) < 4.78 is 23.9. The van der Waals surface area contributed by atoms with E-state index in [1.807, 2.05) is 6.07 Å². The van der Waals surface area contributed by atoms with Gasteiger partial charge in [-0.25, -0.2) is 0 Å². The number of hydrogen-bond acceptors (Lipinski definition) is 2. The smallest absolute Gasteiger partial charge is 0.198 e. The Morgan fingerprint density at radius 1 is 1.46 bits per heavy atom. The minimum absolute atomic E-state index is 0.262. The van der Waals surface area contributed by atoms with Crippen molar-refractivity contribution in [3.05, 3.63) is 29.8 Å². The van der Waals surface area contributed by atoms with Crippen molar-refractivity contribution in [2.24, 2.45) is 0 Å². The van der Waals surface area contributed by atoms with Crippen LogP contribution in [0.4, 0.5) is 8.78 Å². The highest BCUT2D eigenvalue weighted by Gasteiger charge is 2.04. The summed E-state index contributed by atoms with van der Waals surface area (Å²) in [4.78, 5) is 0.503. The van der Waals surface area contributed by atoms with Gasteiger partial charge in [0.25, 0.3) is 5.76 Å². The highest BCUT2D eigenvalue weighted by atomic mass is 32.2. The van der Waals surface area contributed by atoms with E-state index >= 15 is 0 Å². The Labute approximate surface area is 79.4 Å². The van der Waals surface area contributed by atoms with Crippen LogP contribution < -0.4 is 0 Å². The Morgan fingerprint density at radius 3 is 2.85 bits per heavy atom. The molecule has 0 aliphatic heterocycles. The van der Waals surface area contributed by atoms with Gasteiger partial charge in [0.2, 0.25) is 0 Å². The van der Waals surface area contributed by atoms with Crippen molar-refractivity contribution in [2.45, 2.75) is 17.1 Å².